The Morgan fingerprint density at radius 2 is 1.79 bits per heavy atom. The van der Waals surface area contributed by atoms with E-state index in [0.29, 0.717) is 22.9 Å². The number of nitrogens with zero attached hydrogens (tertiary/aromatic N) is 1. The number of anilines is 3. The molecule has 0 saturated heterocycles. The summed E-state index contributed by atoms with van der Waals surface area (Å²) >= 11 is 1.22. The van der Waals surface area contributed by atoms with E-state index in [0.717, 1.165) is 11.6 Å². The fraction of sp³-hybridized carbons (Fsp3) is 0.238. The number of halogens is 3. The van der Waals surface area contributed by atoms with E-state index in [-0.39, 0.29) is 17.5 Å². The van der Waals surface area contributed by atoms with Crippen molar-refractivity contribution in [2.24, 2.45) is 5.92 Å². The number of para-hydroxylation sites is 1. The van der Waals surface area contributed by atoms with Gasteiger partial charge in [0.1, 0.15) is 0 Å². The molecular formula is C21H20F3N3OS. The first kappa shape index (κ1) is 20.9. The Kier molecular flexibility index (Phi) is 6.22. The summed E-state index contributed by atoms with van der Waals surface area (Å²) in [5.74, 6) is 0.230. The molecule has 0 saturated carbocycles. The van der Waals surface area contributed by atoms with Crippen molar-refractivity contribution in [3.8, 4) is 11.3 Å². The van der Waals surface area contributed by atoms with Gasteiger partial charge in [-0.2, -0.15) is 13.2 Å². The maximum absolute atomic E-state index is 13.1. The van der Waals surface area contributed by atoms with Gasteiger partial charge in [0, 0.05) is 23.1 Å². The number of rotatable bonds is 6. The second-order valence-electron chi connectivity index (χ2n) is 6.93. The van der Waals surface area contributed by atoms with Crippen LogP contribution >= 0.6 is 11.3 Å². The Morgan fingerprint density at radius 3 is 2.45 bits per heavy atom. The van der Waals surface area contributed by atoms with E-state index >= 15 is 0 Å². The standard InChI is InChI=1S/C21H20F3N3OS/c1-13(2)11-19(28)25-15-9-7-14(8-10-15)18-12-29-20(27-18)26-17-6-4-3-5-16(17)21(22,23)24/h3-10,12-13H,11H2,1-2H3,(H,25,28)(H,26,27). The molecule has 0 aliphatic rings. The van der Waals surface area contributed by atoms with Crippen molar-refractivity contribution in [1.29, 1.82) is 0 Å². The fourth-order valence-corrected chi connectivity index (χ4v) is 3.46. The number of benzene rings is 2. The van der Waals surface area contributed by atoms with Gasteiger partial charge in [-0.25, -0.2) is 4.98 Å². The van der Waals surface area contributed by atoms with Crippen molar-refractivity contribution in [2.45, 2.75) is 26.4 Å². The average molecular weight is 419 g/mol. The smallest absolute Gasteiger partial charge is 0.331 e. The summed E-state index contributed by atoms with van der Waals surface area (Å²) in [6.45, 7) is 3.95. The number of thiazole rings is 1. The molecule has 2 N–H and O–H groups in total. The molecule has 4 nitrogen and oxygen atoms in total. The molecule has 1 aromatic heterocycles. The predicted molar refractivity (Wildman–Crippen MR) is 110 cm³/mol. The summed E-state index contributed by atoms with van der Waals surface area (Å²) < 4.78 is 39.4. The van der Waals surface area contributed by atoms with E-state index in [2.05, 4.69) is 15.6 Å². The molecule has 0 aliphatic heterocycles. The second kappa shape index (κ2) is 8.65. The molecule has 1 heterocycles. The Labute approximate surface area is 170 Å². The van der Waals surface area contributed by atoms with Gasteiger partial charge < -0.3 is 10.6 Å². The topological polar surface area (TPSA) is 54.0 Å². The molecule has 3 aromatic rings. The number of aromatic nitrogens is 1. The van der Waals surface area contributed by atoms with Gasteiger partial charge in [0.25, 0.3) is 0 Å². The molecule has 2 aromatic carbocycles. The number of hydrogen-bond donors (Lipinski definition) is 2. The normalized spacial score (nSPS) is 11.5. The highest BCUT2D eigenvalue weighted by atomic mass is 32.1. The zero-order chi connectivity index (χ0) is 21.0. The van der Waals surface area contributed by atoms with Crippen molar-refractivity contribution >= 4 is 33.8 Å². The first-order valence-corrected chi connectivity index (χ1v) is 9.89. The molecule has 29 heavy (non-hydrogen) atoms. The van der Waals surface area contributed by atoms with E-state index in [1.807, 2.05) is 26.0 Å². The van der Waals surface area contributed by atoms with Crippen molar-refractivity contribution in [2.75, 3.05) is 10.6 Å². The highest BCUT2D eigenvalue weighted by Gasteiger charge is 2.33. The van der Waals surface area contributed by atoms with Crippen LogP contribution in [0.4, 0.5) is 29.7 Å². The SMILES string of the molecule is CC(C)CC(=O)Nc1ccc(-c2csc(Nc3ccccc3C(F)(F)F)n2)cc1. The minimum absolute atomic E-state index is 0.0379. The highest BCUT2D eigenvalue weighted by Crippen LogP contribution is 2.37. The first-order chi connectivity index (χ1) is 13.7. The van der Waals surface area contributed by atoms with Crippen molar-refractivity contribution in [3.05, 3.63) is 59.5 Å². The van der Waals surface area contributed by atoms with Crippen LogP contribution in [0.1, 0.15) is 25.8 Å². The van der Waals surface area contributed by atoms with E-state index < -0.39 is 11.7 Å². The van der Waals surface area contributed by atoms with Gasteiger partial charge in [0.2, 0.25) is 5.91 Å². The zero-order valence-corrected chi connectivity index (χ0v) is 16.7. The Bertz CT molecular complexity index is 981. The summed E-state index contributed by atoms with van der Waals surface area (Å²) in [6.07, 6.45) is -4.00. The summed E-state index contributed by atoms with van der Waals surface area (Å²) in [5.41, 5.74) is 1.36. The largest absolute Gasteiger partial charge is 0.418 e. The predicted octanol–water partition coefficient (Wildman–Crippen LogP) is 6.56. The minimum atomic E-state index is -4.44. The van der Waals surface area contributed by atoms with Crippen LogP contribution in [0, 0.1) is 5.92 Å². The lowest BCUT2D eigenvalue weighted by Gasteiger charge is -2.12. The van der Waals surface area contributed by atoms with Crippen LogP contribution in [-0.4, -0.2) is 10.9 Å². The number of carbonyl (C=O) groups excluding carboxylic acids is 1. The zero-order valence-electron chi connectivity index (χ0n) is 15.9. The summed E-state index contributed by atoms with van der Waals surface area (Å²) in [6, 6.07) is 12.5. The molecule has 0 unspecified atom stereocenters. The van der Waals surface area contributed by atoms with Gasteiger partial charge in [-0.3, -0.25) is 4.79 Å². The van der Waals surface area contributed by atoms with E-state index in [1.54, 1.807) is 23.6 Å². The lowest BCUT2D eigenvalue weighted by atomic mass is 10.1. The van der Waals surface area contributed by atoms with Gasteiger partial charge in [-0.1, -0.05) is 38.1 Å². The third-order valence-electron chi connectivity index (χ3n) is 4.04. The van der Waals surface area contributed by atoms with Gasteiger partial charge in [-0.15, -0.1) is 11.3 Å². The number of alkyl halides is 3. The molecule has 0 bridgehead atoms. The van der Waals surface area contributed by atoms with E-state index in [1.165, 1.54) is 23.5 Å². The van der Waals surface area contributed by atoms with Crippen LogP contribution in [0.25, 0.3) is 11.3 Å². The van der Waals surface area contributed by atoms with Crippen LogP contribution in [-0.2, 0) is 11.0 Å². The van der Waals surface area contributed by atoms with Gasteiger partial charge >= 0.3 is 6.18 Å². The Balaban J connectivity index is 1.72. The second-order valence-corrected chi connectivity index (χ2v) is 7.79. The molecule has 8 heteroatoms. The molecule has 0 aliphatic carbocycles. The Morgan fingerprint density at radius 1 is 1.10 bits per heavy atom. The number of amides is 1. The summed E-state index contributed by atoms with van der Waals surface area (Å²) in [5, 5.41) is 7.73. The summed E-state index contributed by atoms with van der Waals surface area (Å²) in [7, 11) is 0. The van der Waals surface area contributed by atoms with Crippen LogP contribution in [0.5, 0.6) is 0 Å². The van der Waals surface area contributed by atoms with Crippen LogP contribution in [0.15, 0.2) is 53.9 Å². The number of hydrogen-bond acceptors (Lipinski definition) is 4. The van der Waals surface area contributed by atoms with Gasteiger partial charge in [0.05, 0.1) is 16.9 Å². The molecule has 1 amide bonds. The van der Waals surface area contributed by atoms with Crippen molar-refractivity contribution < 1.29 is 18.0 Å². The maximum Gasteiger partial charge on any atom is 0.418 e. The van der Waals surface area contributed by atoms with Crippen LogP contribution in [0.2, 0.25) is 0 Å². The molecule has 0 atom stereocenters. The molecule has 152 valence electrons. The third kappa shape index (κ3) is 5.57. The van der Waals surface area contributed by atoms with Crippen LogP contribution < -0.4 is 10.6 Å². The number of nitrogens with one attached hydrogen (secondary N) is 2. The molecule has 0 spiro atoms. The van der Waals surface area contributed by atoms with Crippen molar-refractivity contribution in [3.63, 3.8) is 0 Å². The third-order valence-corrected chi connectivity index (χ3v) is 4.79. The molecule has 0 radical (unpaired) electrons. The molecule has 3 rings (SSSR count). The molecule has 0 fully saturated rings. The van der Waals surface area contributed by atoms with Gasteiger partial charge in [0.15, 0.2) is 5.13 Å². The first-order valence-electron chi connectivity index (χ1n) is 9.01. The fourth-order valence-electron chi connectivity index (χ4n) is 2.73. The molecular weight excluding hydrogens is 399 g/mol. The Hall–Kier alpha value is -2.87. The summed E-state index contributed by atoms with van der Waals surface area (Å²) in [4.78, 5) is 16.2. The monoisotopic (exact) mass is 419 g/mol. The lowest BCUT2D eigenvalue weighted by Crippen LogP contribution is -2.13. The van der Waals surface area contributed by atoms with Crippen LogP contribution in [0.3, 0.4) is 0 Å². The quantitative estimate of drug-likeness (QED) is 0.476. The van der Waals surface area contributed by atoms with Gasteiger partial charge in [-0.05, 0) is 30.2 Å². The van der Waals surface area contributed by atoms with E-state index in [9.17, 15) is 18.0 Å². The highest BCUT2D eigenvalue weighted by molar-refractivity contribution is 7.14. The minimum Gasteiger partial charge on any atom is -0.331 e. The maximum atomic E-state index is 13.1. The lowest BCUT2D eigenvalue weighted by molar-refractivity contribution is -0.136. The number of carbonyl (C=O) groups is 1. The average Bonchev–Trinajstić information content (AvgIpc) is 3.09. The van der Waals surface area contributed by atoms with Crippen molar-refractivity contribution in [1.82, 2.24) is 4.98 Å². The van der Waals surface area contributed by atoms with E-state index in [4.69, 9.17) is 0 Å².